The molecule has 0 aliphatic carbocycles. The van der Waals surface area contributed by atoms with Gasteiger partial charge in [-0.15, -0.1) is 11.8 Å². The van der Waals surface area contributed by atoms with E-state index in [1.807, 2.05) is 78.6 Å². The molecule has 0 bridgehead atoms. The highest BCUT2D eigenvalue weighted by molar-refractivity contribution is 8.02. The lowest BCUT2D eigenvalue weighted by Crippen LogP contribution is -2.53. The number of benzene rings is 2. The minimum absolute atomic E-state index is 0.0672. The topological polar surface area (TPSA) is 90.4 Å². The molecule has 0 saturated carbocycles. The summed E-state index contributed by atoms with van der Waals surface area (Å²) in [6.45, 7) is 6.45. The van der Waals surface area contributed by atoms with Crippen LogP contribution in [0, 0.1) is 11.8 Å². The molecule has 4 heterocycles. The lowest BCUT2D eigenvalue weighted by molar-refractivity contribution is -0.143. The molecule has 0 aromatic heterocycles. The predicted molar refractivity (Wildman–Crippen MR) is 177 cm³/mol. The number of carbonyl (C=O) groups is 3. The van der Waals surface area contributed by atoms with Crippen LogP contribution in [0.15, 0.2) is 78.9 Å². The molecule has 6 rings (SSSR count). The quantitative estimate of drug-likeness (QED) is 0.283. The number of anilines is 1. The molecule has 1 unspecified atom stereocenters. The van der Waals surface area contributed by atoms with Crippen LogP contribution in [0.5, 0.6) is 5.75 Å². The van der Waals surface area contributed by atoms with E-state index in [1.165, 1.54) is 0 Å². The zero-order chi connectivity index (χ0) is 31.6. The summed E-state index contributed by atoms with van der Waals surface area (Å²) in [5.41, 5.74) is 1.79. The first-order chi connectivity index (χ1) is 21.8. The molecule has 238 valence electrons. The van der Waals surface area contributed by atoms with E-state index in [-0.39, 0.29) is 24.3 Å². The second-order valence-corrected chi connectivity index (χ2v) is 14.3. The zero-order valence-corrected chi connectivity index (χ0v) is 27.0. The lowest BCUT2D eigenvalue weighted by Gasteiger charge is -2.37. The number of carbonyl (C=O) groups excluding carboxylic acids is 3. The Morgan fingerprint density at radius 2 is 1.60 bits per heavy atom. The van der Waals surface area contributed by atoms with Gasteiger partial charge in [0.05, 0.1) is 23.2 Å². The first-order valence-electron chi connectivity index (χ1n) is 16.2. The summed E-state index contributed by atoms with van der Waals surface area (Å²) in [6, 6.07) is 16.8. The third-order valence-corrected chi connectivity index (χ3v) is 11.4. The molecule has 45 heavy (non-hydrogen) atoms. The van der Waals surface area contributed by atoms with E-state index in [0.717, 1.165) is 42.7 Å². The first kappa shape index (κ1) is 31.4. The third-order valence-electron chi connectivity index (χ3n) is 9.62. The summed E-state index contributed by atoms with van der Waals surface area (Å²) in [5.74, 6) is -0.845. The SMILES string of the molecule is CCOc1ccc(N2CC=C[C@@]3(C)S[C@]45C=CCN(Cc6ccccc6)C(=O)C4N(CCCCCCO)C(=O)[C@@H]5[C@H]3C2=O)cc1. The van der Waals surface area contributed by atoms with Crippen molar-refractivity contribution in [3.8, 4) is 5.75 Å². The van der Waals surface area contributed by atoms with Crippen molar-refractivity contribution in [1.29, 1.82) is 0 Å². The van der Waals surface area contributed by atoms with Gasteiger partial charge in [-0.25, -0.2) is 0 Å². The van der Waals surface area contributed by atoms with E-state index in [4.69, 9.17) is 4.74 Å². The van der Waals surface area contributed by atoms with Crippen LogP contribution >= 0.6 is 11.8 Å². The van der Waals surface area contributed by atoms with Crippen molar-refractivity contribution in [1.82, 2.24) is 9.80 Å². The number of amides is 3. The van der Waals surface area contributed by atoms with Gasteiger partial charge in [-0.05, 0) is 56.5 Å². The molecule has 1 N–H and O–H groups in total. The van der Waals surface area contributed by atoms with Gasteiger partial charge in [-0.3, -0.25) is 14.4 Å². The zero-order valence-electron chi connectivity index (χ0n) is 26.1. The number of hydrogen-bond donors (Lipinski definition) is 1. The van der Waals surface area contributed by atoms with Crippen molar-refractivity contribution >= 4 is 35.2 Å². The highest BCUT2D eigenvalue weighted by atomic mass is 32.2. The molecule has 4 aliphatic heterocycles. The maximum atomic E-state index is 14.7. The summed E-state index contributed by atoms with van der Waals surface area (Å²) in [7, 11) is 0. The molecular weight excluding hydrogens is 586 g/mol. The van der Waals surface area contributed by atoms with Crippen LogP contribution in [-0.2, 0) is 20.9 Å². The molecule has 2 aromatic carbocycles. The number of likely N-dealkylation sites (tertiary alicyclic amines) is 1. The molecule has 9 heteroatoms. The van der Waals surface area contributed by atoms with Crippen LogP contribution in [-0.4, -0.2) is 81.0 Å². The smallest absolute Gasteiger partial charge is 0.247 e. The van der Waals surface area contributed by atoms with Gasteiger partial charge in [-0.1, -0.05) is 67.5 Å². The van der Waals surface area contributed by atoms with E-state index in [9.17, 15) is 19.5 Å². The second-order valence-electron chi connectivity index (χ2n) is 12.6. The minimum Gasteiger partial charge on any atom is -0.494 e. The fourth-order valence-corrected chi connectivity index (χ4v) is 9.78. The lowest BCUT2D eigenvalue weighted by atomic mass is 9.74. The highest BCUT2D eigenvalue weighted by Crippen LogP contribution is 2.65. The Hall–Kier alpha value is -3.56. The molecule has 8 nitrogen and oxygen atoms in total. The maximum absolute atomic E-state index is 14.7. The Bertz CT molecular complexity index is 1460. The van der Waals surface area contributed by atoms with Gasteiger partial charge in [0.1, 0.15) is 11.8 Å². The standard InChI is InChI=1S/C36H43N3O5S/c1-3-44-28-17-15-27(16-18-28)38-23-11-19-35(2)29(32(38)41)30-33(42)39(22-9-4-5-10-24-40)31-34(43)37(21-12-20-36(30,31)45-35)25-26-13-7-6-8-14-26/h6-8,11-20,29-31,40H,3-5,9-10,21-25H2,1-2H3/t29-,30-,31?,35+,36-/m0/s1. The van der Waals surface area contributed by atoms with E-state index >= 15 is 0 Å². The van der Waals surface area contributed by atoms with Crippen LogP contribution in [0.4, 0.5) is 5.69 Å². The predicted octanol–water partition coefficient (Wildman–Crippen LogP) is 4.83. The number of aliphatic hydroxyl groups is 1. The van der Waals surface area contributed by atoms with Gasteiger partial charge in [0.15, 0.2) is 0 Å². The molecule has 5 atom stereocenters. The molecule has 2 aromatic rings. The average Bonchev–Trinajstić information content (AvgIpc) is 3.31. The number of nitrogens with zero attached hydrogens (tertiary/aromatic N) is 3. The van der Waals surface area contributed by atoms with Gasteiger partial charge >= 0.3 is 0 Å². The van der Waals surface area contributed by atoms with Gasteiger partial charge in [-0.2, -0.15) is 0 Å². The maximum Gasteiger partial charge on any atom is 0.247 e. The monoisotopic (exact) mass is 629 g/mol. The number of thioether (sulfide) groups is 1. The van der Waals surface area contributed by atoms with Gasteiger partial charge in [0, 0.05) is 43.2 Å². The van der Waals surface area contributed by atoms with Crippen molar-refractivity contribution in [2.75, 3.05) is 37.7 Å². The summed E-state index contributed by atoms with van der Waals surface area (Å²) in [4.78, 5) is 49.3. The Morgan fingerprint density at radius 3 is 2.33 bits per heavy atom. The molecule has 4 aliphatic rings. The van der Waals surface area contributed by atoms with Crippen LogP contribution in [0.2, 0.25) is 0 Å². The normalized spacial score (nSPS) is 29.0. The number of ether oxygens (including phenoxy) is 1. The van der Waals surface area contributed by atoms with E-state index in [2.05, 4.69) is 19.1 Å². The fourth-order valence-electron chi connectivity index (χ4n) is 7.62. The molecule has 2 saturated heterocycles. The summed E-state index contributed by atoms with van der Waals surface area (Å²) >= 11 is 1.62. The van der Waals surface area contributed by atoms with Crippen molar-refractivity contribution in [3.63, 3.8) is 0 Å². The van der Waals surface area contributed by atoms with Crippen molar-refractivity contribution in [3.05, 3.63) is 84.5 Å². The molecule has 0 radical (unpaired) electrons. The van der Waals surface area contributed by atoms with E-state index in [1.54, 1.807) is 21.6 Å². The number of hydrogen-bond acceptors (Lipinski definition) is 6. The van der Waals surface area contributed by atoms with Crippen LogP contribution in [0.25, 0.3) is 0 Å². The summed E-state index contributed by atoms with van der Waals surface area (Å²) in [5, 5.41) is 9.25. The summed E-state index contributed by atoms with van der Waals surface area (Å²) in [6.07, 6.45) is 11.4. The van der Waals surface area contributed by atoms with Crippen molar-refractivity contribution < 1.29 is 24.2 Å². The van der Waals surface area contributed by atoms with Crippen molar-refractivity contribution in [2.45, 2.75) is 61.6 Å². The number of fused-ring (bicyclic) bond motifs is 2. The fraction of sp³-hybridized carbons (Fsp3) is 0.472. The minimum atomic E-state index is -0.869. The summed E-state index contributed by atoms with van der Waals surface area (Å²) < 4.78 is 4.09. The van der Waals surface area contributed by atoms with E-state index < -0.39 is 27.4 Å². The van der Waals surface area contributed by atoms with Gasteiger partial charge in [0.25, 0.3) is 0 Å². The number of unbranched alkanes of at least 4 members (excludes halogenated alkanes) is 3. The van der Waals surface area contributed by atoms with Crippen LogP contribution in [0.3, 0.4) is 0 Å². The van der Waals surface area contributed by atoms with E-state index in [0.29, 0.717) is 32.8 Å². The molecule has 3 amide bonds. The molecular formula is C36H43N3O5S. The third kappa shape index (κ3) is 5.69. The highest BCUT2D eigenvalue weighted by Gasteiger charge is 2.73. The van der Waals surface area contributed by atoms with Gasteiger partial charge < -0.3 is 24.5 Å². The Labute approximate surface area is 270 Å². The number of rotatable bonds is 11. The molecule has 1 spiro atoms. The van der Waals surface area contributed by atoms with Crippen LogP contribution < -0.4 is 9.64 Å². The van der Waals surface area contributed by atoms with Crippen molar-refractivity contribution in [2.24, 2.45) is 11.8 Å². The largest absolute Gasteiger partial charge is 0.494 e. The second kappa shape index (κ2) is 13.0. The first-order valence-corrected chi connectivity index (χ1v) is 17.0. The number of aliphatic hydroxyl groups excluding tert-OH is 1. The van der Waals surface area contributed by atoms with Crippen LogP contribution in [0.1, 0.15) is 45.1 Å². The average molecular weight is 630 g/mol. The molecule has 2 fully saturated rings. The Morgan fingerprint density at radius 1 is 0.867 bits per heavy atom. The van der Waals surface area contributed by atoms with Gasteiger partial charge in [0.2, 0.25) is 17.7 Å². The Balaban J connectivity index is 1.36. The Kier molecular flexibility index (Phi) is 9.11.